The highest BCUT2D eigenvalue weighted by atomic mass is 35.5. The van der Waals surface area contributed by atoms with Gasteiger partial charge in [0.1, 0.15) is 5.82 Å². The lowest BCUT2D eigenvalue weighted by Gasteiger charge is -2.08. The van der Waals surface area contributed by atoms with Gasteiger partial charge in [0.05, 0.1) is 5.69 Å². The third-order valence-electron chi connectivity index (χ3n) is 2.77. The maximum Gasteiger partial charge on any atom is 0.319 e. The molecule has 0 aromatic heterocycles. The van der Waals surface area contributed by atoms with Crippen LogP contribution in [0.15, 0.2) is 42.5 Å². The molecule has 2 amide bonds. The zero-order valence-corrected chi connectivity index (χ0v) is 12.5. The van der Waals surface area contributed by atoms with Crippen LogP contribution in [-0.2, 0) is 6.42 Å². The molecular weight excluding hydrogens is 314 g/mol. The standard InChI is InChI=1S/C15H13Cl2FN2O/c16-11-3-1-2-10(8-11)6-7-19-15(21)20-14-5-4-12(17)9-13(14)18/h1-5,8-9H,6-7H2,(H2,19,20,21). The first-order valence-corrected chi connectivity index (χ1v) is 7.04. The number of anilines is 1. The molecule has 0 atom stereocenters. The molecule has 6 heteroatoms. The third-order valence-corrected chi connectivity index (χ3v) is 3.24. The molecule has 0 heterocycles. The highest BCUT2D eigenvalue weighted by molar-refractivity contribution is 6.30. The lowest BCUT2D eigenvalue weighted by Crippen LogP contribution is -2.30. The second-order valence-electron chi connectivity index (χ2n) is 4.38. The number of hydrogen-bond acceptors (Lipinski definition) is 1. The van der Waals surface area contributed by atoms with Crippen LogP contribution in [0.3, 0.4) is 0 Å². The summed E-state index contributed by atoms with van der Waals surface area (Å²) < 4.78 is 13.5. The van der Waals surface area contributed by atoms with Crippen molar-refractivity contribution >= 4 is 34.9 Å². The van der Waals surface area contributed by atoms with Crippen LogP contribution in [-0.4, -0.2) is 12.6 Å². The Bertz CT molecular complexity index is 649. The lowest BCUT2D eigenvalue weighted by atomic mass is 10.1. The fourth-order valence-electron chi connectivity index (χ4n) is 1.77. The van der Waals surface area contributed by atoms with Gasteiger partial charge in [0.25, 0.3) is 0 Å². The second-order valence-corrected chi connectivity index (χ2v) is 5.26. The minimum Gasteiger partial charge on any atom is -0.338 e. The molecule has 2 aromatic carbocycles. The van der Waals surface area contributed by atoms with Gasteiger partial charge in [-0.3, -0.25) is 0 Å². The van der Waals surface area contributed by atoms with Gasteiger partial charge in [-0.25, -0.2) is 9.18 Å². The van der Waals surface area contributed by atoms with E-state index in [1.165, 1.54) is 12.1 Å². The highest BCUT2D eigenvalue weighted by Gasteiger charge is 2.06. The molecule has 21 heavy (non-hydrogen) atoms. The predicted octanol–water partition coefficient (Wildman–Crippen LogP) is 4.50. The van der Waals surface area contributed by atoms with Gasteiger partial charge in [0.15, 0.2) is 0 Å². The first-order chi connectivity index (χ1) is 10.0. The topological polar surface area (TPSA) is 41.1 Å². The van der Waals surface area contributed by atoms with Gasteiger partial charge in [-0.2, -0.15) is 0 Å². The van der Waals surface area contributed by atoms with E-state index in [0.717, 1.165) is 11.6 Å². The molecule has 0 fully saturated rings. The summed E-state index contributed by atoms with van der Waals surface area (Å²) in [6.07, 6.45) is 0.636. The van der Waals surface area contributed by atoms with Crippen molar-refractivity contribution in [2.45, 2.75) is 6.42 Å². The van der Waals surface area contributed by atoms with Crippen molar-refractivity contribution in [1.29, 1.82) is 0 Å². The second kappa shape index (κ2) is 7.29. The molecule has 0 saturated heterocycles. The Kier molecular flexibility index (Phi) is 5.42. The largest absolute Gasteiger partial charge is 0.338 e. The maximum atomic E-state index is 13.5. The minimum absolute atomic E-state index is 0.0830. The highest BCUT2D eigenvalue weighted by Crippen LogP contribution is 2.18. The molecule has 3 nitrogen and oxygen atoms in total. The van der Waals surface area contributed by atoms with Crippen LogP contribution in [0.5, 0.6) is 0 Å². The number of amides is 2. The quantitative estimate of drug-likeness (QED) is 0.853. The van der Waals surface area contributed by atoms with Crippen molar-refractivity contribution in [3.63, 3.8) is 0 Å². The van der Waals surface area contributed by atoms with E-state index in [1.807, 2.05) is 18.2 Å². The van der Waals surface area contributed by atoms with Gasteiger partial charge < -0.3 is 10.6 Å². The summed E-state index contributed by atoms with van der Waals surface area (Å²) in [5, 5.41) is 6.00. The van der Waals surface area contributed by atoms with E-state index in [4.69, 9.17) is 23.2 Å². The van der Waals surface area contributed by atoms with Crippen LogP contribution in [0, 0.1) is 5.82 Å². The Morgan fingerprint density at radius 1 is 1.10 bits per heavy atom. The van der Waals surface area contributed by atoms with Crippen LogP contribution in [0.2, 0.25) is 10.0 Å². The van der Waals surface area contributed by atoms with Crippen molar-refractivity contribution in [1.82, 2.24) is 5.32 Å². The number of benzene rings is 2. The van der Waals surface area contributed by atoms with E-state index in [2.05, 4.69) is 10.6 Å². The first kappa shape index (κ1) is 15.6. The van der Waals surface area contributed by atoms with E-state index in [-0.39, 0.29) is 10.7 Å². The molecule has 0 aliphatic heterocycles. The van der Waals surface area contributed by atoms with Gasteiger partial charge in [-0.15, -0.1) is 0 Å². The maximum absolute atomic E-state index is 13.5. The molecule has 2 aromatic rings. The average molecular weight is 327 g/mol. The molecule has 0 bridgehead atoms. The first-order valence-electron chi connectivity index (χ1n) is 6.29. The van der Waals surface area contributed by atoms with E-state index < -0.39 is 11.8 Å². The fraction of sp³-hybridized carbons (Fsp3) is 0.133. The molecular formula is C15H13Cl2FN2O. The molecule has 0 saturated carbocycles. The van der Waals surface area contributed by atoms with Crippen LogP contribution >= 0.6 is 23.2 Å². The van der Waals surface area contributed by atoms with Crippen LogP contribution < -0.4 is 10.6 Å². The Labute approximate surface area is 132 Å². The summed E-state index contributed by atoms with van der Waals surface area (Å²) in [7, 11) is 0. The number of carbonyl (C=O) groups excluding carboxylic acids is 1. The molecule has 0 aliphatic carbocycles. The number of nitrogens with one attached hydrogen (secondary N) is 2. The number of halogens is 3. The van der Waals surface area contributed by atoms with E-state index in [0.29, 0.717) is 18.0 Å². The molecule has 2 rings (SSSR count). The average Bonchev–Trinajstić information content (AvgIpc) is 2.42. The van der Waals surface area contributed by atoms with Crippen LogP contribution in [0.1, 0.15) is 5.56 Å². The zero-order chi connectivity index (χ0) is 15.2. The Hall–Kier alpha value is -1.78. The number of rotatable bonds is 4. The monoisotopic (exact) mass is 326 g/mol. The molecule has 0 spiro atoms. The Morgan fingerprint density at radius 3 is 2.57 bits per heavy atom. The lowest BCUT2D eigenvalue weighted by molar-refractivity contribution is 0.252. The van der Waals surface area contributed by atoms with E-state index in [1.54, 1.807) is 6.07 Å². The van der Waals surface area contributed by atoms with Crippen LogP contribution in [0.25, 0.3) is 0 Å². The fourth-order valence-corrected chi connectivity index (χ4v) is 2.14. The normalized spacial score (nSPS) is 10.2. The Morgan fingerprint density at radius 2 is 1.86 bits per heavy atom. The number of urea groups is 1. The summed E-state index contributed by atoms with van der Waals surface area (Å²) in [5.74, 6) is -0.576. The van der Waals surface area contributed by atoms with Gasteiger partial charge in [-0.05, 0) is 42.3 Å². The summed E-state index contributed by atoms with van der Waals surface area (Å²) in [4.78, 5) is 11.7. The van der Waals surface area contributed by atoms with E-state index >= 15 is 0 Å². The van der Waals surface area contributed by atoms with Crippen LogP contribution in [0.4, 0.5) is 14.9 Å². The van der Waals surface area contributed by atoms with Crippen molar-refractivity contribution < 1.29 is 9.18 Å². The number of carbonyl (C=O) groups is 1. The zero-order valence-electron chi connectivity index (χ0n) is 11.0. The van der Waals surface area contributed by atoms with Crippen molar-refractivity contribution in [3.05, 3.63) is 63.9 Å². The smallest absolute Gasteiger partial charge is 0.319 e. The van der Waals surface area contributed by atoms with Gasteiger partial charge >= 0.3 is 6.03 Å². The predicted molar refractivity (Wildman–Crippen MR) is 83.6 cm³/mol. The molecule has 110 valence electrons. The summed E-state index contributed by atoms with van der Waals surface area (Å²) in [5.41, 5.74) is 1.10. The molecule has 0 aliphatic rings. The summed E-state index contributed by atoms with van der Waals surface area (Å²) >= 11 is 11.5. The molecule has 0 unspecified atom stereocenters. The minimum atomic E-state index is -0.576. The summed E-state index contributed by atoms with van der Waals surface area (Å²) in [6, 6.07) is 11.0. The van der Waals surface area contributed by atoms with Gasteiger partial charge in [0, 0.05) is 16.6 Å². The van der Waals surface area contributed by atoms with Crippen molar-refractivity contribution in [3.8, 4) is 0 Å². The van der Waals surface area contributed by atoms with Crippen molar-refractivity contribution in [2.75, 3.05) is 11.9 Å². The SMILES string of the molecule is O=C(NCCc1cccc(Cl)c1)Nc1ccc(Cl)cc1F. The number of hydrogen-bond donors (Lipinski definition) is 2. The third kappa shape index (κ3) is 4.92. The van der Waals surface area contributed by atoms with Gasteiger partial charge in [-0.1, -0.05) is 35.3 Å². The van der Waals surface area contributed by atoms with Gasteiger partial charge in [0.2, 0.25) is 0 Å². The molecule has 2 N–H and O–H groups in total. The Balaban J connectivity index is 1.82. The van der Waals surface area contributed by atoms with E-state index in [9.17, 15) is 9.18 Å². The molecule has 0 radical (unpaired) electrons. The summed E-state index contributed by atoms with van der Waals surface area (Å²) in [6.45, 7) is 0.418. The van der Waals surface area contributed by atoms with Crippen molar-refractivity contribution in [2.24, 2.45) is 0 Å².